The number of aromatic nitrogens is 2. The van der Waals surface area contributed by atoms with Crippen LogP contribution in [-0.2, 0) is 6.54 Å². The number of hydrogen-bond acceptors (Lipinski definition) is 2. The SMILES string of the molecule is CCn1c(C(N)c2ccccc2)nc2ccccc21. The van der Waals surface area contributed by atoms with E-state index in [0.29, 0.717) is 0 Å². The summed E-state index contributed by atoms with van der Waals surface area (Å²) in [6, 6.07) is 18.1. The summed E-state index contributed by atoms with van der Waals surface area (Å²) in [6.45, 7) is 2.99. The van der Waals surface area contributed by atoms with Crippen LogP contribution in [0, 0.1) is 0 Å². The van der Waals surface area contributed by atoms with Crippen LogP contribution in [0.1, 0.15) is 24.4 Å². The van der Waals surface area contributed by atoms with Crippen molar-refractivity contribution in [2.24, 2.45) is 5.73 Å². The van der Waals surface area contributed by atoms with Crippen molar-refractivity contribution in [1.29, 1.82) is 0 Å². The van der Waals surface area contributed by atoms with Gasteiger partial charge in [-0.2, -0.15) is 0 Å². The molecule has 1 atom stereocenters. The average molecular weight is 251 g/mol. The van der Waals surface area contributed by atoms with Crippen LogP contribution >= 0.6 is 0 Å². The average Bonchev–Trinajstić information content (AvgIpc) is 2.85. The van der Waals surface area contributed by atoms with Crippen molar-refractivity contribution in [3.63, 3.8) is 0 Å². The lowest BCUT2D eigenvalue weighted by Crippen LogP contribution is -2.17. The summed E-state index contributed by atoms with van der Waals surface area (Å²) in [5, 5.41) is 0. The number of para-hydroxylation sites is 2. The molecule has 0 fully saturated rings. The van der Waals surface area contributed by atoms with Crippen molar-refractivity contribution in [3.8, 4) is 0 Å². The fraction of sp³-hybridized carbons (Fsp3) is 0.188. The molecule has 0 aliphatic carbocycles. The van der Waals surface area contributed by atoms with Gasteiger partial charge in [-0.1, -0.05) is 42.5 Å². The number of fused-ring (bicyclic) bond motifs is 1. The van der Waals surface area contributed by atoms with E-state index < -0.39 is 0 Å². The molecule has 3 aromatic rings. The molecule has 3 nitrogen and oxygen atoms in total. The standard InChI is InChI=1S/C16H17N3/c1-2-19-14-11-7-6-10-13(14)18-16(19)15(17)12-8-4-3-5-9-12/h3-11,15H,2,17H2,1H3. The smallest absolute Gasteiger partial charge is 0.131 e. The predicted molar refractivity (Wildman–Crippen MR) is 77.9 cm³/mol. The minimum absolute atomic E-state index is 0.187. The Bertz CT molecular complexity index is 686. The van der Waals surface area contributed by atoms with E-state index in [0.717, 1.165) is 29.0 Å². The zero-order valence-electron chi connectivity index (χ0n) is 11.0. The van der Waals surface area contributed by atoms with E-state index in [1.54, 1.807) is 0 Å². The second-order valence-corrected chi connectivity index (χ2v) is 4.59. The van der Waals surface area contributed by atoms with Crippen molar-refractivity contribution >= 4 is 11.0 Å². The first-order valence-electron chi connectivity index (χ1n) is 6.57. The van der Waals surface area contributed by atoms with Crippen molar-refractivity contribution < 1.29 is 0 Å². The Balaban J connectivity index is 2.14. The summed E-state index contributed by atoms with van der Waals surface area (Å²) in [5.74, 6) is 0.926. The fourth-order valence-corrected chi connectivity index (χ4v) is 2.47. The number of hydrogen-bond donors (Lipinski definition) is 1. The lowest BCUT2D eigenvalue weighted by Gasteiger charge is -2.13. The molecule has 0 saturated carbocycles. The summed E-state index contributed by atoms with van der Waals surface area (Å²) >= 11 is 0. The number of aryl methyl sites for hydroxylation is 1. The molecule has 0 spiro atoms. The number of nitrogens with two attached hydrogens (primary N) is 1. The van der Waals surface area contributed by atoms with Gasteiger partial charge < -0.3 is 10.3 Å². The number of nitrogens with zero attached hydrogens (tertiary/aromatic N) is 2. The van der Waals surface area contributed by atoms with E-state index in [2.05, 4.69) is 17.6 Å². The first-order valence-corrected chi connectivity index (χ1v) is 6.57. The third-order valence-corrected chi connectivity index (χ3v) is 3.44. The summed E-state index contributed by atoms with van der Waals surface area (Å²) in [5.41, 5.74) is 9.61. The Morgan fingerprint density at radius 1 is 1.05 bits per heavy atom. The third-order valence-electron chi connectivity index (χ3n) is 3.44. The predicted octanol–water partition coefficient (Wildman–Crippen LogP) is 3.10. The highest BCUT2D eigenvalue weighted by Crippen LogP contribution is 2.23. The van der Waals surface area contributed by atoms with Gasteiger partial charge in [0.2, 0.25) is 0 Å². The molecule has 96 valence electrons. The highest BCUT2D eigenvalue weighted by molar-refractivity contribution is 5.76. The van der Waals surface area contributed by atoms with E-state index >= 15 is 0 Å². The topological polar surface area (TPSA) is 43.8 Å². The van der Waals surface area contributed by atoms with Gasteiger partial charge in [0.05, 0.1) is 17.1 Å². The largest absolute Gasteiger partial charge is 0.327 e. The van der Waals surface area contributed by atoms with Crippen LogP contribution in [0.4, 0.5) is 0 Å². The van der Waals surface area contributed by atoms with Gasteiger partial charge >= 0.3 is 0 Å². The molecule has 2 aromatic carbocycles. The zero-order chi connectivity index (χ0) is 13.2. The molecule has 0 amide bonds. The minimum atomic E-state index is -0.187. The van der Waals surface area contributed by atoms with Gasteiger partial charge in [0.15, 0.2) is 0 Å². The molecular formula is C16H17N3. The molecule has 1 aromatic heterocycles. The second kappa shape index (κ2) is 4.86. The fourth-order valence-electron chi connectivity index (χ4n) is 2.47. The van der Waals surface area contributed by atoms with E-state index in [1.165, 1.54) is 0 Å². The number of benzene rings is 2. The Hall–Kier alpha value is -2.13. The highest BCUT2D eigenvalue weighted by Gasteiger charge is 2.17. The van der Waals surface area contributed by atoms with Gasteiger partial charge in [0.25, 0.3) is 0 Å². The van der Waals surface area contributed by atoms with Crippen LogP contribution in [0.25, 0.3) is 11.0 Å². The molecular weight excluding hydrogens is 234 g/mol. The third kappa shape index (κ3) is 2.02. The van der Waals surface area contributed by atoms with Gasteiger partial charge in [0.1, 0.15) is 5.82 Å². The second-order valence-electron chi connectivity index (χ2n) is 4.59. The van der Waals surface area contributed by atoms with Gasteiger partial charge in [0, 0.05) is 6.54 Å². The van der Waals surface area contributed by atoms with Crippen molar-refractivity contribution in [3.05, 3.63) is 66.0 Å². The zero-order valence-corrected chi connectivity index (χ0v) is 11.0. The van der Waals surface area contributed by atoms with Crippen LogP contribution < -0.4 is 5.73 Å². The van der Waals surface area contributed by atoms with Crippen molar-refractivity contribution in [2.45, 2.75) is 19.5 Å². The first kappa shape index (κ1) is 11.9. The summed E-state index contributed by atoms with van der Waals surface area (Å²) in [7, 11) is 0. The normalized spacial score (nSPS) is 12.7. The molecule has 0 radical (unpaired) electrons. The van der Waals surface area contributed by atoms with E-state index in [-0.39, 0.29) is 6.04 Å². The van der Waals surface area contributed by atoms with Crippen LogP contribution in [-0.4, -0.2) is 9.55 Å². The molecule has 0 bridgehead atoms. The Labute approximate surface area is 112 Å². The van der Waals surface area contributed by atoms with Crippen molar-refractivity contribution in [1.82, 2.24) is 9.55 Å². The molecule has 1 heterocycles. The maximum absolute atomic E-state index is 6.37. The molecule has 3 rings (SSSR count). The maximum Gasteiger partial charge on any atom is 0.131 e. The maximum atomic E-state index is 6.37. The van der Waals surface area contributed by atoms with Crippen LogP contribution in [0.3, 0.4) is 0 Å². The van der Waals surface area contributed by atoms with E-state index in [4.69, 9.17) is 10.7 Å². The molecule has 0 aliphatic rings. The Morgan fingerprint density at radius 3 is 2.47 bits per heavy atom. The van der Waals surface area contributed by atoms with Crippen LogP contribution in [0.15, 0.2) is 54.6 Å². The monoisotopic (exact) mass is 251 g/mol. The van der Waals surface area contributed by atoms with E-state index in [9.17, 15) is 0 Å². The summed E-state index contributed by atoms with van der Waals surface area (Å²) in [4.78, 5) is 4.70. The molecule has 1 unspecified atom stereocenters. The minimum Gasteiger partial charge on any atom is -0.327 e. The molecule has 3 heteroatoms. The van der Waals surface area contributed by atoms with Crippen LogP contribution in [0.5, 0.6) is 0 Å². The van der Waals surface area contributed by atoms with Crippen molar-refractivity contribution in [2.75, 3.05) is 0 Å². The highest BCUT2D eigenvalue weighted by atomic mass is 15.1. The first-order chi connectivity index (χ1) is 9.31. The Morgan fingerprint density at radius 2 is 1.74 bits per heavy atom. The number of imidazole rings is 1. The lowest BCUT2D eigenvalue weighted by atomic mass is 10.1. The van der Waals surface area contributed by atoms with E-state index in [1.807, 2.05) is 48.5 Å². The molecule has 19 heavy (non-hydrogen) atoms. The molecule has 2 N–H and O–H groups in total. The molecule has 0 aliphatic heterocycles. The lowest BCUT2D eigenvalue weighted by molar-refractivity contribution is 0.671. The van der Waals surface area contributed by atoms with Gasteiger partial charge in [-0.05, 0) is 24.6 Å². The quantitative estimate of drug-likeness (QED) is 0.777. The summed E-state index contributed by atoms with van der Waals surface area (Å²) in [6.07, 6.45) is 0. The molecule has 0 saturated heterocycles. The Kier molecular flexibility index (Phi) is 3.05. The summed E-state index contributed by atoms with van der Waals surface area (Å²) < 4.78 is 2.19. The van der Waals surface area contributed by atoms with Gasteiger partial charge in [-0.3, -0.25) is 0 Å². The van der Waals surface area contributed by atoms with Crippen LogP contribution in [0.2, 0.25) is 0 Å². The van der Waals surface area contributed by atoms with Gasteiger partial charge in [-0.25, -0.2) is 4.98 Å². The van der Waals surface area contributed by atoms with Gasteiger partial charge in [-0.15, -0.1) is 0 Å². The number of rotatable bonds is 3.